The lowest BCUT2D eigenvalue weighted by molar-refractivity contribution is -0.142. The van der Waals surface area contributed by atoms with Crippen LogP contribution >= 0.6 is 0 Å². The second-order valence-electron chi connectivity index (χ2n) is 4.51. The first-order valence-electron chi connectivity index (χ1n) is 6.19. The summed E-state index contributed by atoms with van der Waals surface area (Å²) in [5.74, 6) is -0.744. The predicted molar refractivity (Wildman–Crippen MR) is 70.5 cm³/mol. The Kier molecular flexibility index (Phi) is 4.27. The van der Waals surface area contributed by atoms with Crippen LogP contribution in [0, 0.1) is 0 Å². The third kappa shape index (κ3) is 2.98. The maximum Gasteiger partial charge on any atom is 0.417 e. The molecule has 0 amide bonds. The van der Waals surface area contributed by atoms with E-state index in [0.717, 1.165) is 12.3 Å². The van der Waals surface area contributed by atoms with Crippen LogP contribution in [0.4, 0.5) is 13.2 Å². The first kappa shape index (κ1) is 16.1. The van der Waals surface area contributed by atoms with Crippen molar-refractivity contribution in [2.45, 2.75) is 12.2 Å². The fourth-order valence-corrected chi connectivity index (χ4v) is 2.09. The van der Waals surface area contributed by atoms with Gasteiger partial charge in [-0.1, -0.05) is 0 Å². The molecule has 0 saturated carbocycles. The number of esters is 1. The van der Waals surface area contributed by atoms with Gasteiger partial charge in [-0.3, -0.25) is 0 Å². The number of carbonyl (C=O) groups excluding carboxylic acids is 1. The fraction of sp³-hybridized carbons (Fsp3) is 0.385. The number of aromatic nitrogens is 1. The van der Waals surface area contributed by atoms with Gasteiger partial charge in [-0.25, -0.2) is 15.2 Å². The lowest BCUT2D eigenvalue weighted by atomic mass is 10.1. The van der Waals surface area contributed by atoms with E-state index in [2.05, 4.69) is 15.1 Å². The highest BCUT2D eigenvalue weighted by molar-refractivity contribution is 5.83. The molecule has 1 aliphatic heterocycles. The Balaban J connectivity index is 2.50. The maximum absolute atomic E-state index is 13.2. The van der Waals surface area contributed by atoms with Gasteiger partial charge in [-0.2, -0.15) is 13.2 Å². The van der Waals surface area contributed by atoms with Crippen LogP contribution in [0.5, 0.6) is 5.88 Å². The van der Waals surface area contributed by atoms with Gasteiger partial charge < -0.3 is 14.5 Å². The van der Waals surface area contributed by atoms with Gasteiger partial charge in [0.05, 0.1) is 25.5 Å². The summed E-state index contributed by atoms with van der Waals surface area (Å²) < 4.78 is 49.0. The minimum atomic E-state index is -4.59. The zero-order chi connectivity index (χ0) is 16.5. The number of carbonyl (C=O) groups is 1. The number of nitrogens with one attached hydrogen (secondary N) is 1. The third-order valence-electron chi connectivity index (χ3n) is 3.14. The molecule has 2 heterocycles. The Bertz CT molecular complexity index is 616. The van der Waals surface area contributed by atoms with Gasteiger partial charge in [0.15, 0.2) is 0 Å². The van der Waals surface area contributed by atoms with Gasteiger partial charge in [-0.05, 0) is 6.08 Å². The second kappa shape index (κ2) is 5.84. The fourth-order valence-electron chi connectivity index (χ4n) is 2.09. The molecule has 1 aliphatic rings. The van der Waals surface area contributed by atoms with Crippen LogP contribution in [0.15, 0.2) is 18.3 Å². The molecule has 22 heavy (non-hydrogen) atoms. The second-order valence-corrected chi connectivity index (χ2v) is 4.51. The number of rotatable bonds is 3. The Morgan fingerprint density at radius 2 is 2.09 bits per heavy atom. The number of pyridine rings is 1. The first-order chi connectivity index (χ1) is 10.3. The first-order valence-corrected chi connectivity index (χ1v) is 6.19. The molecule has 1 aromatic rings. The van der Waals surface area contributed by atoms with Crippen LogP contribution in [0.25, 0.3) is 5.70 Å². The summed E-state index contributed by atoms with van der Waals surface area (Å²) in [6.07, 6.45) is -2.17. The highest BCUT2D eigenvalue weighted by Crippen LogP contribution is 2.37. The average Bonchev–Trinajstić information content (AvgIpc) is 2.86. The lowest BCUT2D eigenvalue weighted by Crippen LogP contribution is -2.39. The Morgan fingerprint density at radius 3 is 2.64 bits per heavy atom. The van der Waals surface area contributed by atoms with Crippen molar-refractivity contribution in [3.63, 3.8) is 0 Å². The van der Waals surface area contributed by atoms with Crippen molar-refractivity contribution in [2.24, 2.45) is 0 Å². The van der Waals surface area contributed by atoms with E-state index >= 15 is 0 Å². The molecular formula is C13H14F3N3O3. The molecular weight excluding hydrogens is 303 g/mol. The number of methoxy groups -OCH3 is 2. The number of nitrogens with zero attached hydrogens (tertiary/aromatic N) is 2. The van der Waals surface area contributed by atoms with Crippen LogP contribution in [0.1, 0.15) is 11.1 Å². The third-order valence-corrected chi connectivity index (χ3v) is 3.14. The van der Waals surface area contributed by atoms with Crippen LogP contribution in [0.2, 0.25) is 0 Å². The molecule has 1 aromatic heterocycles. The lowest BCUT2D eigenvalue weighted by Gasteiger charge is -2.20. The van der Waals surface area contributed by atoms with E-state index in [9.17, 15) is 18.0 Å². The van der Waals surface area contributed by atoms with Gasteiger partial charge in [0.25, 0.3) is 0 Å². The molecule has 0 saturated heterocycles. The molecule has 1 N–H and O–H groups in total. The van der Waals surface area contributed by atoms with E-state index in [4.69, 9.17) is 4.74 Å². The largest absolute Gasteiger partial charge is 0.481 e. The zero-order valence-corrected chi connectivity index (χ0v) is 12.1. The quantitative estimate of drug-likeness (QED) is 0.851. The molecule has 0 bridgehead atoms. The smallest absolute Gasteiger partial charge is 0.417 e. The molecule has 0 aromatic carbocycles. The summed E-state index contributed by atoms with van der Waals surface area (Å²) in [4.78, 5) is 15.3. The number of hydrazine groups is 1. The van der Waals surface area contributed by atoms with Crippen molar-refractivity contribution >= 4 is 11.7 Å². The average molecular weight is 317 g/mol. The molecule has 9 heteroatoms. The van der Waals surface area contributed by atoms with Gasteiger partial charge >= 0.3 is 12.1 Å². The topological polar surface area (TPSA) is 63.7 Å². The normalized spacial score (nSPS) is 18.2. The Hall–Kier alpha value is -2.29. The van der Waals surface area contributed by atoms with E-state index < -0.39 is 23.8 Å². The predicted octanol–water partition coefficient (Wildman–Crippen LogP) is 1.44. The Labute approximate surface area is 124 Å². The minimum absolute atomic E-state index is 0.144. The number of hydrogen-bond acceptors (Lipinski definition) is 6. The van der Waals surface area contributed by atoms with Crippen molar-refractivity contribution < 1.29 is 27.4 Å². The Morgan fingerprint density at radius 1 is 1.41 bits per heavy atom. The summed E-state index contributed by atoms with van der Waals surface area (Å²) in [5, 5.41) is 1.32. The van der Waals surface area contributed by atoms with Crippen LogP contribution in [-0.2, 0) is 15.7 Å². The molecule has 0 aliphatic carbocycles. The number of ether oxygens (including phenoxy) is 2. The molecule has 1 unspecified atom stereocenters. The van der Waals surface area contributed by atoms with Crippen molar-refractivity contribution in [3.05, 3.63) is 29.5 Å². The van der Waals surface area contributed by atoms with E-state index in [1.54, 1.807) is 0 Å². The molecule has 0 radical (unpaired) electrons. The van der Waals surface area contributed by atoms with Crippen molar-refractivity contribution in [1.29, 1.82) is 0 Å². The summed E-state index contributed by atoms with van der Waals surface area (Å²) in [7, 11) is 3.93. The number of halogens is 3. The van der Waals surface area contributed by atoms with Crippen LogP contribution < -0.4 is 10.2 Å². The van der Waals surface area contributed by atoms with Gasteiger partial charge in [0.2, 0.25) is 5.88 Å². The van der Waals surface area contributed by atoms with Crippen LogP contribution in [0.3, 0.4) is 0 Å². The summed E-state index contributed by atoms with van der Waals surface area (Å²) in [5.41, 5.74) is 1.82. The van der Waals surface area contributed by atoms with Gasteiger partial charge in [0.1, 0.15) is 6.04 Å². The molecule has 120 valence electrons. The summed E-state index contributed by atoms with van der Waals surface area (Å²) in [6.45, 7) is 0. The SMILES string of the molecule is COC(=O)C1C=C(c2cnc(OC)cc2C(F)(F)F)N(C)N1. The highest BCUT2D eigenvalue weighted by atomic mass is 19.4. The highest BCUT2D eigenvalue weighted by Gasteiger charge is 2.37. The maximum atomic E-state index is 13.2. The molecule has 0 fully saturated rings. The molecule has 1 atom stereocenters. The van der Waals surface area contributed by atoms with Crippen LogP contribution in [-0.4, -0.2) is 43.3 Å². The van der Waals surface area contributed by atoms with Crippen molar-refractivity contribution in [1.82, 2.24) is 15.4 Å². The molecule has 2 rings (SSSR count). The minimum Gasteiger partial charge on any atom is -0.481 e. The number of hydrogen-bond donors (Lipinski definition) is 1. The van der Waals surface area contributed by atoms with Gasteiger partial charge in [-0.15, -0.1) is 0 Å². The van der Waals surface area contributed by atoms with E-state index in [0.29, 0.717) is 0 Å². The van der Waals surface area contributed by atoms with E-state index in [1.807, 2.05) is 0 Å². The molecule has 6 nitrogen and oxygen atoms in total. The van der Waals surface area contributed by atoms with E-state index in [1.165, 1.54) is 32.4 Å². The van der Waals surface area contributed by atoms with Crippen molar-refractivity contribution in [2.75, 3.05) is 21.3 Å². The zero-order valence-electron chi connectivity index (χ0n) is 12.1. The summed E-state index contributed by atoms with van der Waals surface area (Å²) >= 11 is 0. The van der Waals surface area contributed by atoms with Gasteiger partial charge in [0, 0.05) is 24.9 Å². The summed E-state index contributed by atoms with van der Waals surface area (Å²) in [6, 6.07) is -0.0386. The number of alkyl halides is 3. The van der Waals surface area contributed by atoms with E-state index in [-0.39, 0.29) is 17.1 Å². The molecule has 0 spiro atoms. The monoisotopic (exact) mass is 317 g/mol. The van der Waals surface area contributed by atoms with Crippen molar-refractivity contribution in [3.8, 4) is 5.88 Å². The standard InChI is InChI=1S/C13H14F3N3O3/c1-19-10(5-9(18-19)12(20)22-3)7-6-17-11(21-2)4-8(7)13(14,15)16/h4-6,9,18H,1-3H3.